The summed E-state index contributed by atoms with van der Waals surface area (Å²) in [6.45, 7) is 6.80. The zero-order valence-corrected chi connectivity index (χ0v) is 16.6. The fraction of sp³-hybridized carbons (Fsp3) is 0.391. The maximum Gasteiger partial charge on any atom is 0.253 e. The van der Waals surface area contributed by atoms with Gasteiger partial charge in [0.1, 0.15) is 0 Å². The van der Waals surface area contributed by atoms with E-state index in [0.29, 0.717) is 30.8 Å². The summed E-state index contributed by atoms with van der Waals surface area (Å²) >= 11 is 0. The van der Waals surface area contributed by atoms with Gasteiger partial charge >= 0.3 is 0 Å². The topological polar surface area (TPSA) is 52.7 Å². The fourth-order valence-electron chi connectivity index (χ4n) is 3.41. The maximum absolute atomic E-state index is 12.9. The third-order valence-electron chi connectivity index (χ3n) is 5.10. The van der Waals surface area contributed by atoms with Crippen LogP contribution in [0.1, 0.15) is 46.0 Å². The predicted molar refractivity (Wildman–Crippen MR) is 111 cm³/mol. The highest BCUT2D eigenvalue weighted by Crippen LogP contribution is 2.13. The number of carbonyl (C=O) groups is 2. The Labute approximate surface area is 167 Å². The SMILES string of the molecule is CCCCNC(=O)c1cccc(C(=O)N2CCN(Cc3ccccc3)CC2)c1. The average molecular weight is 380 g/mol. The summed E-state index contributed by atoms with van der Waals surface area (Å²) in [6.07, 6.45) is 1.99. The van der Waals surface area contributed by atoms with E-state index in [1.54, 1.807) is 24.3 Å². The Kier molecular flexibility index (Phi) is 7.20. The van der Waals surface area contributed by atoms with E-state index < -0.39 is 0 Å². The van der Waals surface area contributed by atoms with Crippen LogP contribution < -0.4 is 5.32 Å². The second-order valence-corrected chi connectivity index (χ2v) is 7.24. The smallest absolute Gasteiger partial charge is 0.253 e. The molecule has 5 nitrogen and oxygen atoms in total. The van der Waals surface area contributed by atoms with Crippen molar-refractivity contribution in [2.24, 2.45) is 0 Å². The molecule has 0 bridgehead atoms. The van der Waals surface area contributed by atoms with Crippen molar-refractivity contribution in [3.8, 4) is 0 Å². The Morgan fingerprint density at radius 1 is 0.929 bits per heavy atom. The van der Waals surface area contributed by atoms with Crippen molar-refractivity contribution >= 4 is 11.8 Å². The van der Waals surface area contributed by atoms with Crippen LogP contribution in [0.25, 0.3) is 0 Å². The van der Waals surface area contributed by atoms with Crippen molar-refractivity contribution in [1.82, 2.24) is 15.1 Å². The summed E-state index contributed by atoms with van der Waals surface area (Å²) in [6, 6.07) is 17.5. The normalized spacial score (nSPS) is 14.7. The lowest BCUT2D eigenvalue weighted by Crippen LogP contribution is -2.48. The van der Waals surface area contributed by atoms with Crippen LogP contribution in [0.3, 0.4) is 0 Å². The summed E-state index contributed by atoms with van der Waals surface area (Å²) in [5.41, 5.74) is 2.42. The lowest BCUT2D eigenvalue weighted by Gasteiger charge is -2.34. The van der Waals surface area contributed by atoms with E-state index in [9.17, 15) is 9.59 Å². The first kappa shape index (κ1) is 20.1. The molecule has 0 unspecified atom stereocenters. The molecule has 3 rings (SSSR count). The molecule has 0 saturated carbocycles. The lowest BCUT2D eigenvalue weighted by atomic mass is 10.1. The van der Waals surface area contributed by atoms with Crippen LogP contribution in [0, 0.1) is 0 Å². The minimum absolute atomic E-state index is 0.00238. The molecule has 1 aliphatic rings. The molecule has 2 aromatic carbocycles. The van der Waals surface area contributed by atoms with Gasteiger partial charge in [-0.25, -0.2) is 0 Å². The van der Waals surface area contributed by atoms with Gasteiger partial charge in [0.25, 0.3) is 11.8 Å². The van der Waals surface area contributed by atoms with Gasteiger partial charge in [-0.15, -0.1) is 0 Å². The number of hydrogen-bond donors (Lipinski definition) is 1. The van der Waals surface area contributed by atoms with Crippen molar-refractivity contribution in [2.75, 3.05) is 32.7 Å². The van der Waals surface area contributed by atoms with E-state index in [1.165, 1.54) is 5.56 Å². The Bertz CT molecular complexity index is 783. The summed E-state index contributed by atoms with van der Waals surface area (Å²) < 4.78 is 0. The molecule has 0 aromatic heterocycles. The van der Waals surface area contributed by atoms with Crippen LogP contribution in [0.5, 0.6) is 0 Å². The summed E-state index contributed by atoms with van der Waals surface area (Å²) in [5, 5.41) is 2.90. The van der Waals surface area contributed by atoms with Gasteiger partial charge < -0.3 is 10.2 Å². The molecular weight excluding hydrogens is 350 g/mol. The maximum atomic E-state index is 12.9. The number of piperazine rings is 1. The molecule has 148 valence electrons. The Morgan fingerprint density at radius 2 is 1.64 bits per heavy atom. The number of carbonyl (C=O) groups excluding carboxylic acids is 2. The first-order chi connectivity index (χ1) is 13.7. The van der Waals surface area contributed by atoms with E-state index >= 15 is 0 Å². The molecule has 1 saturated heterocycles. The number of benzene rings is 2. The molecule has 2 amide bonds. The van der Waals surface area contributed by atoms with Gasteiger partial charge in [0.05, 0.1) is 0 Å². The van der Waals surface area contributed by atoms with Crippen molar-refractivity contribution < 1.29 is 9.59 Å². The minimum Gasteiger partial charge on any atom is -0.352 e. The predicted octanol–water partition coefficient (Wildman–Crippen LogP) is 3.17. The highest BCUT2D eigenvalue weighted by Gasteiger charge is 2.22. The molecule has 0 aliphatic carbocycles. The van der Waals surface area contributed by atoms with Crippen LogP contribution in [0.2, 0.25) is 0 Å². The van der Waals surface area contributed by atoms with Gasteiger partial charge in [0.2, 0.25) is 0 Å². The van der Waals surface area contributed by atoms with Gasteiger partial charge in [-0.2, -0.15) is 0 Å². The second-order valence-electron chi connectivity index (χ2n) is 7.24. The van der Waals surface area contributed by atoms with Gasteiger partial charge in [-0.3, -0.25) is 14.5 Å². The molecule has 1 heterocycles. The third kappa shape index (κ3) is 5.42. The van der Waals surface area contributed by atoms with E-state index in [2.05, 4.69) is 41.4 Å². The van der Waals surface area contributed by atoms with Crippen molar-refractivity contribution in [3.63, 3.8) is 0 Å². The molecule has 1 aliphatic heterocycles. The highest BCUT2D eigenvalue weighted by molar-refractivity contribution is 5.99. The fourth-order valence-corrected chi connectivity index (χ4v) is 3.41. The molecule has 5 heteroatoms. The first-order valence-corrected chi connectivity index (χ1v) is 10.1. The number of rotatable bonds is 7. The van der Waals surface area contributed by atoms with Crippen molar-refractivity contribution in [1.29, 1.82) is 0 Å². The number of unbranched alkanes of at least 4 members (excludes halogenated alkanes) is 1. The number of amides is 2. The van der Waals surface area contributed by atoms with Gasteiger partial charge in [-0.1, -0.05) is 49.7 Å². The van der Waals surface area contributed by atoms with Gasteiger partial charge in [0.15, 0.2) is 0 Å². The van der Waals surface area contributed by atoms with Crippen molar-refractivity contribution in [3.05, 3.63) is 71.3 Å². The molecule has 1 fully saturated rings. The van der Waals surface area contributed by atoms with E-state index in [0.717, 1.165) is 32.5 Å². The van der Waals surface area contributed by atoms with Crippen LogP contribution in [-0.2, 0) is 6.54 Å². The number of hydrogen-bond acceptors (Lipinski definition) is 3. The number of nitrogens with one attached hydrogen (secondary N) is 1. The molecule has 2 aromatic rings. The van der Waals surface area contributed by atoms with E-state index in [1.807, 2.05) is 11.0 Å². The molecular formula is C23H29N3O2. The Morgan fingerprint density at radius 3 is 2.36 bits per heavy atom. The van der Waals surface area contributed by atoms with E-state index in [4.69, 9.17) is 0 Å². The summed E-state index contributed by atoms with van der Waals surface area (Å²) in [4.78, 5) is 29.4. The second kappa shape index (κ2) is 10.0. The third-order valence-corrected chi connectivity index (χ3v) is 5.10. The van der Waals surface area contributed by atoms with Gasteiger partial charge in [0, 0.05) is 50.4 Å². The Balaban J connectivity index is 1.55. The molecule has 1 N–H and O–H groups in total. The summed E-state index contributed by atoms with van der Waals surface area (Å²) in [5.74, 6) is -0.113. The highest BCUT2D eigenvalue weighted by atomic mass is 16.2. The largest absolute Gasteiger partial charge is 0.352 e. The van der Waals surface area contributed by atoms with Crippen LogP contribution in [0.4, 0.5) is 0 Å². The quantitative estimate of drug-likeness (QED) is 0.752. The van der Waals surface area contributed by atoms with Crippen LogP contribution in [-0.4, -0.2) is 54.3 Å². The molecule has 0 radical (unpaired) electrons. The van der Waals surface area contributed by atoms with Crippen LogP contribution in [0.15, 0.2) is 54.6 Å². The monoisotopic (exact) mass is 379 g/mol. The van der Waals surface area contributed by atoms with E-state index in [-0.39, 0.29) is 11.8 Å². The Hall–Kier alpha value is -2.66. The average Bonchev–Trinajstić information content (AvgIpc) is 2.75. The summed E-state index contributed by atoms with van der Waals surface area (Å²) in [7, 11) is 0. The zero-order chi connectivity index (χ0) is 19.8. The molecule has 28 heavy (non-hydrogen) atoms. The zero-order valence-electron chi connectivity index (χ0n) is 16.6. The van der Waals surface area contributed by atoms with Crippen molar-refractivity contribution in [2.45, 2.75) is 26.3 Å². The first-order valence-electron chi connectivity index (χ1n) is 10.1. The number of nitrogens with zero attached hydrogens (tertiary/aromatic N) is 2. The molecule has 0 spiro atoms. The van der Waals surface area contributed by atoms with Crippen LogP contribution >= 0.6 is 0 Å². The molecule has 0 atom stereocenters. The van der Waals surface area contributed by atoms with Gasteiger partial charge in [-0.05, 0) is 30.2 Å². The minimum atomic E-state index is -0.115. The lowest BCUT2D eigenvalue weighted by molar-refractivity contribution is 0.0628. The standard InChI is InChI=1S/C23H29N3O2/c1-2-3-12-24-22(27)20-10-7-11-21(17-20)23(28)26-15-13-25(14-16-26)18-19-8-5-4-6-9-19/h4-11,17H,2-3,12-16,18H2,1H3,(H,24,27).